The highest BCUT2D eigenvalue weighted by atomic mass is 35.5. The summed E-state index contributed by atoms with van der Waals surface area (Å²) < 4.78 is 5.19. The van der Waals surface area contributed by atoms with E-state index in [0.29, 0.717) is 32.2 Å². The number of fused-ring (bicyclic) bond motifs is 1. The summed E-state index contributed by atoms with van der Waals surface area (Å²) in [7, 11) is 1.64. The Kier molecular flexibility index (Phi) is 9.34. The Bertz CT molecular complexity index is 957. The van der Waals surface area contributed by atoms with Crippen LogP contribution in [0.25, 0.3) is 0 Å². The fourth-order valence-corrected chi connectivity index (χ4v) is 4.88. The van der Waals surface area contributed by atoms with Gasteiger partial charge in [0.1, 0.15) is 18.8 Å². The number of nitrogens with zero attached hydrogens (tertiary/aromatic N) is 2. The number of hydrogen-bond donors (Lipinski definition) is 3. The van der Waals surface area contributed by atoms with E-state index in [0.717, 1.165) is 0 Å². The van der Waals surface area contributed by atoms with E-state index in [1.165, 1.54) is 22.2 Å². The van der Waals surface area contributed by atoms with E-state index in [2.05, 4.69) is 10.6 Å². The highest BCUT2D eigenvalue weighted by molar-refractivity contribution is 6.39. The summed E-state index contributed by atoms with van der Waals surface area (Å²) in [5, 5.41) is 19.2. The molecule has 0 bridgehead atoms. The molecule has 0 spiro atoms. The van der Waals surface area contributed by atoms with Gasteiger partial charge in [0.15, 0.2) is 0 Å². The van der Waals surface area contributed by atoms with Crippen LogP contribution in [-0.4, -0.2) is 83.2 Å². The van der Waals surface area contributed by atoms with Crippen molar-refractivity contribution in [2.45, 2.75) is 63.3 Å². The van der Waals surface area contributed by atoms with Crippen molar-refractivity contribution in [3.8, 4) is 0 Å². The van der Waals surface area contributed by atoms with Crippen molar-refractivity contribution in [3.63, 3.8) is 0 Å². The quantitative estimate of drug-likeness (QED) is 0.436. The zero-order chi connectivity index (χ0) is 25.7. The van der Waals surface area contributed by atoms with Gasteiger partial charge in [0.25, 0.3) is 5.91 Å². The monoisotopic (exact) mass is 528 g/mol. The van der Waals surface area contributed by atoms with Gasteiger partial charge in [-0.1, -0.05) is 36.2 Å². The van der Waals surface area contributed by atoms with Crippen LogP contribution in [0.3, 0.4) is 0 Å². The van der Waals surface area contributed by atoms with Gasteiger partial charge in [-0.15, -0.1) is 0 Å². The Morgan fingerprint density at radius 3 is 2.54 bits per heavy atom. The lowest BCUT2D eigenvalue weighted by atomic mass is 10.0. The highest BCUT2D eigenvalue weighted by Gasteiger charge is 2.44. The fraction of sp³-hybridized carbons (Fsp3) is 0.565. The van der Waals surface area contributed by atoms with E-state index >= 15 is 0 Å². The third-order valence-corrected chi connectivity index (χ3v) is 6.93. The Hall–Kier alpha value is -2.40. The molecule has 1 aromatic carbocycles. The summed E-state index contributed by atoms with van der Waals surface area (Å²) in [4.78, 5) is 51.3. The van der Waals surface area contributed by atoms with Crippen LogP contribution in [0.4, 0.5) is 0 Å². The summed E-state index contributed by atoms with van der Waals surface area (Å²) >= 11 is 12.1. The summed E-state index contributed by atoms with van der Waals surface area (Å²) in [6.45, 7) is 1.72. The molecule has 12 heteroatoms. The molecule has 192 valence electrons. The van der Waals surface area contributed by atoms with Crippen LogP contribution in [0.2, 0.25) is 10.0 Å². The molecule has 3 N–H and O–H groups in total. The number of ether oxygens (including phenoxy) is 1. The van der Waals surface area contributed by atoms with Crippen LogP contribution in [0.1, 0.15) is 49.4 Å². The SMILES string of the molecule is CCC(NC(=O)C1CCCN2C(=O)CCC(NC)C(=O)N12)C(O)COC(=O)c1c(Cl)cccc1Cl. The van der Waals surface area contributed by atoms with Crippen LogP contribution < -0.4 is 10.6 Å². The lowest BCUT2D eigenvalue weighted by molar-refractivity contribution is -0.176. The van der Waals surface area contributed by atoms with Crippen molar-refractivity contribution in [2.75, 3.05) is 20.2 Å². The van der Waals surface area contributed by atoms with Crippen LogP contribution in [-0.2, 0) is 19.1 Å². The molecule has 4 atom stereocenters. The van der Waals surface area contributed by atoms with Crippen LogP contribution in [0.15, 0.2) is 18.2 Å². The molecule has 2 aliphatic rings. The number of carbonyl (C=O) groups excluding carboxylic acids is 4. The minimum atomic E-state index is -1.22. The highest BCUT2D eigenvalue weighted by Crippen LogP contribution is 2.26. The molecule has 0 aliphatic carbocycles. The topological polar surface area (TPSA) is 128 Å². The van der Waals surface area contributed by atoms with Crippen molar-refractivity contribution >= 4 is 46.9 Å². The van der Waals surface area contributed by atoms with Gasteiger partial charge < -0.3 is 20.5 Å². The molecule has 4 unspecified atom stereocenters. The number of aliphatic hydroxyl groups is 1. The maximum absolute atomic E-state index is 13.2. The summed E-state index contributed by atoms with van der Waals surface area (Å²) in [6, 6.07) is 2.37. The molecule has 2 saturated heterocycles. The van der Waals surface area contributed by atoms with Crippen LogP contribution in [0.5, 0.6) is 0 Å². The Labute approximate surface area is 213 Å². The number of halogens is 2. The molecule has 3 rings (SSSR count). The van der Waals surface area contributed by atoms with Gasteiger partial charge in [-0.2, -0.15) is 0 Å². The van der Waals surface area contributed by atoms with Gasteiger partial charge in [0, 0.05) is 13.0 Å². The number of aliphatic hydroxyl groups excluding tert-OH is 1. The molecule has 3 amide bonds. The molecule has 35 heavy (non-hydrogen) atoms. The van der Waals surface area contributed by atoms with Crippen molar-refractivity contribution in [2.24, 2.45) is 0 Å². The van der Waals surface area contributed by atoms with E-state index in [4.69, 9.17) is 27.9 Å². The molecule has 0 saturated carbocycles. The first-order chi connectivity index (χ1) is 16.7. The summed E-state index contributed by atoms with van der Waals surface area (Å²) in [5.41, 5.74) is -0.00848. The van der Waals surface area contributed by atoms with Gasteiger partial charge in [-0.05, 0) is 44.9 Å². The largest absolute Gasteiger partial charge is 0.459 e. The fourth-order valence-electron chi connectivity index (χ4n) is 4.33. The Morgan fingerprint density at radius 1 is 1.23 bits per heavy atom. The number of benzene rings is 1. The van der Waals surface area contributed by atoms with Crippen molar-refractivity contribution < 1.29 is 29.0 Å². The maximum Gasteiger partial charge on any atom is 0.341 e. The lowest BCUT2D eigenvalue weighted by Gasteiger charge is -2.43. The zero-order valence-electron chi connectivity index (χ0n) is 19.6. The van der Waals surface area contributed by atoms with E-state index in [1.807, 2.05) is 0 Å². The molecule has 2 heterocycles. The van der Waals surface area contributed by atoms with Gasteiger partial charge in [-0.3, -0.25) is 19.4 Å². The van der Waals surface area contributed by atoms with Gasteiger partial charge >= 0.3 is 5.97 Å². The number of amides is 3. The second kappa shape index (κ2) is 12.0. The Morgan fingerprint density at radius 2 is 1.91 bits per heavy atom. The molecular formula is C23H30Cl2N4O6. The predicted molar refractivity (Wildman–Crippen MR) is 129 cm³/mol. The molecule has 10 nitrogen and oxygen atoms in total. The molecule has 2 fully saturated rings. The van der Waals surface area contributed by atoms with Gasteiger partial charge in [0.05, 0.1) is 27.7 Å². The molecular weight excluding hydrogens is 499 g/mol. The van der Waals surface area contributed by atoms with E-state index in [1.54, 1.807) is 20.0 Å². The second-order valence-corrected chi connectivity index (χ2v) is 9.34. The van der Waals surface area contributed by atoms with Crippen molar-refractivity contribution in [3.05, 3.63) is 33.8 Å². The minimum Gasteiger partial charge on any atom is -0.459 e. The number of carbonyl (C=O) groups is 4. The summed E-state index contributed by atoms with van der Waals surface area (Å²) in [6.07, 6.45) is 0.615. The van der Waals surface area contributed by atoms with Crippen LogP contribution in [0, 0.1) is 0 Å². The Balaban J connectivity index is 1.67. The first-order valence-corrected chi connectivity index (χ1v) is 12.3. The number of nitrogens with one attached hydrogen (secondary N) is 2. The normalized spacial score (nSPS) is 22.2. The molecule has 1 aromatic rings. The average molecular weight is 529 g/mol. The number of rotatable bonds is 8. The third-order valence-electron chi connectivity index (χ3n) is 6.30. The molecule has 0 aromatic heterocycles. The lowest BCUT2D eigenvalue weighted by Crippen LogP contribution is -2.64. The average Bonchev–Trinajstić information content (AvgIpc) is 2.96. The first kappa shape index (κ1) is 27.2. The van der Waals surface area contributed by atoms with E-state index < -0.39 is 42.7 Å². The zero-order valence-corrected chi connectivity index (χ0v) is 21.1. The van der Waals surface area contributed by atoms with Gasteiger partial charge in [-0.25, -0.2) is 9.80 Å². The van der Waals surface area contributed by atoms with Gasteiger partial charge in [0.2, 0.25) is 11.8 Å². The van der Waals surface area contributed by atoms with E-state index in [9.17, 15) is 24.3 Å². The van der Waals surface area contributed by atoms with E-state index in [-0.39, 0.29) is 33.8 Å². The van der Waals surface area contributed by atoms with Crippen LogP contribution >= 0.6 is 23.2 Å². The minimum absolute atomic E-state index is 0.00848. The third kappa shape index (κ3) is 6.06. The molecule has 0 radical (unpaired) electrons. The van der Waals surface area contributed by atoms with Crippen molar-refractivity contribution in [1.82, 2.24) is 20.7 Å². The number of hydrogen-bond acceptors (Lipinski definition) is 7. The first-order valence-electron chi connectivity index (χ1n) is 11.6. The van der Waals surface area contributed by atoms with Crippen molar-refractivity contribution in [1.29, 1.82) is 0 Å². The smallest absolute Gasteiger partial charge is 0.341 e. The molecule has 2 aliphatic heterocycles. The summed E-state index contributed by atoms with van der Waals surface area (Å²) in [5.74, 6) is -1.82. The number of hydrazine groups is 1. The number of likely N-dealkylation sites (N-methyl/N-ethyl adjacent to an activating group) is 1. The second-order valence-electron chi connectivity index (χ2n) is 8.52. The standard InChI is InChI=1S/C23H30Cl2N4O6/c1-3-15(18(30)12-35-23(34)20-13(24)6-4-7-14(20)25)27-21(32)17-8-5-11-28-19(31)10-9-16(26-2)22(33)29(17)28/h4,6-7,15-18,26,30H,3,5,8-12H2,1-2H3,(H,27,32). The maximum atomic E-state index is 13.2. The number of esters is 1. The predicted octanol–water partition coefficient (Wildman–Crippen LogP) is 1.52.